The van der Waals surface area contributed by atoms with Crippen molar-refractivity contribution in [1.82, 2.24) is 9.30 Å². The van der Waals surface area contributed by atoms with Gasteiger partial charge in [-0.2, -0.15) is 4.73 Å². The standard InChI is InChI=1S/C7H9N3O/c1-9-4-6(8)5-2-3-10(11)7(5)9/h2-4,11H,8H2,1H3. The number of hydrogen-bond donors (Lipinski definition) is 2. The summed E-state index contributed by atoms with van der Waals surface area (Å²) in [6.45, 7) is 0. The van der Waals surface area contributed by atoms with Crippen molar-refractivity contribution in [2.45, 2.75) is 0 Å². The van der Waals surface area contributed by atoms with Crippen LogP contribution in [-0.2, 0) is 7.05 Å². The highest BCUT2D eigenvalue weighted by Crippen LogP contribution is 2.22. The van der Waals surface area contributed by atoms with Gasteiger partial charge in [-0.1, -0.05) is 0 Å². The van der Waals surface area contributed by atoms with E-state index in [1.807, 2.05) is 7.05 Å². The van der Waals surface area contributed by atoms with Crippen LogP contribution in [0, 0.1) is 0 Å². The first-order valence-corrected chi connectivity index (χ1v) is 3.31. The highest BCUT2D eigenvalue weighted by Gasteiger charge is 2.06. The lowest BCUT2D eigenvalue weighted by atomic mass is 10.4. The van der Waals surface area contributed by atoms with Gasteiger partial charge in [0.25, 0.3) is 0 Å². The monoisotopic (exact) mass is 151 g/mol. The summed E-state index contributed by atoms with van der Waals surface area (Å²) in [7, 11) is 1.84. The van der Waals surface area contributed by atoms with Gasteiger partial charge in [-0.25, -0.2) is 0 Å². The van der Waals surface area contributed by atoms with Crippen LogP contribution in [-0.4, -0.2) is 14.5 Å². The van der Waals surface area contributed by atoms with E-state index >= 15 is 0 Å². The maximum atomic E-state index is 9.25. The second kappa shape index (κ2) is 1.72. The molecule has 0 aliphatic carbocycles. The first-order valence-electron chi connectivity index (χ1n) is 3.31. The lowest BCUT2D eigenvalue weighted by Crippen LogP contribution is -1.93. The number of fused-ring (bicyclic) bond motifs is 1. The van der Waals surface area contributed by atoms with Gasteiger partial charge < -0.3 is 15.5 Å². The average molecular weight is 151 g/mol. The number of hydrogen-bond acceptors (Lipinski definition) is 2. The Morgan fingerprint density at radius 3 is 2.91 bits per heavy atom. The summed E-state index contributed by atoms with van der Waals surface area (Å²) >= 11 is 0. The minimum Gasteiger partial charge on any atom is -0.427 e. The van der Waals surface area contributed by atoms with Crippen molar-refractivity contribution in [3.63, 3.8) is 0 Å². The van der Waals surface area contributed by atoms with Gasteiger partial charge in [0.05, 0.1) is 5.69 Å². The third-order valence-corrected chi connectivity index (χ3v) is 1.82. The van der Waals surface area contributed by atoms with Crippen LogP contribution in [0.25, 0.3) is 11.0 Å². The summed E-state index contributed by atoms with van der Waals surface area (Å²) in [5, 5.41) is 10.1. The van der Waals surface area contributed by atoms with Crippen molar-refractivity contribution < 1.29 is 5.21 Å². The van der Waals surface area contributed by atoms with Crippen molar-refractivity contribution in [2.75, 3.05) is 5.73 Å². The highest BCUT2D eigenvalue weighted by atomic mass is 16.5. The number of nitrogens with two attached hydrogens (primary N) is 1. The third-order valence-electron chi connectivity index (χ3n) is 1.82. The normalized spacial score (nSPS) is 11.0. The summed E-state index contributed by atoms with van der Waals surface area (Å²) in [5.41, 5.74) is 7.06. The molecule has 0 unspecified atom stereocenters. The van der Waals surface area contributed by atoms with Crippen molar-refractivity contribution in [2.24, 2.45) is 7.05 Å². The Labute approximate surface area is 63.4 Å². The molecule has 0 aliphatic heterocycles. The van der Waals surface area contributed by atoms with E-state index in [-0.39, 0.29) is 0 Å². The van der Waals surface area contributed by atoms with Gasteiger partial charge in [-0.05, 0) is 6.07 Å². The smallest absolute Gasteiger partial charge is 0.157 e. The number of aromatic nitrogens is 2. The zero-order valence-electron chi connectivity index (χ0n) is 6.15. The summed E-state index contributed by atoms with van der Waals surface area (Å²) in [4.78, 5) is 0. The van der Waals surface area contributed by atoms with Crippen LogP contribution in [0.2, 0.25) is 0 Å². The van der Waals surface area contributed by atoms with Crippen molar-refractivity contribution >= 4 is 16.7 Å². The summed E-state index contributed by atoms with van der Waals surface area (Å²) in [6.07, 6.45) is 3.35. The summed E-state index contributed by atoms with van der Waals surface area (Å²) in [5.74, 6) is 0. The van der Waals surface area contributed by atoms with Crippen molar-refractivity contribution in [3.8, 4) is 0 Å². The second-order valence-electron chi connectivity index (χ2n) is 2.59. The minimum absolute atomic E-state index is 0.690. The average Bonchev–Trinajstić information content (AvgIpc) is 2.41. The Morgan fingerprint density at radius 1 is 1.55 bits per heavy atom. The molecule has 4 nitrogen and oxygen atoms in total. The molecule has 2 rings (SSSR count). The molecule has 0 aliphatic rings. The summed E-state index contributed by atoms with van der Waals surface area (Å²) < 4.78 is 2.84. The Balaban J connectivity index is 2.98. The van der Waals surface area contributed by atoms with E-state index < -0.39 is 0 Å². The highest BCUT2D eigenvalue weighted by molar-refractivity contribution is 5.90. The van der Waals surface area contributed by atoms with E-state index in [0.717, 1.165) is 15.8 Å². The largest absolute Gasteiger partial charge is 0.427 e. The zero-order valence-corrected chi connectivity index (χ0v) is 6.15. The fourth-order valence-corrected chi connectivity index (χ4v) is 1.33. The van der Waals surface area contributed by atoms with Crippen LogP contribution in [0.3, 0.4) is 0 Å². The lowest BCUT2D eigenvalue weighted by Gasteiger charge is -1.94. The van der Waals surface area contributed by atoms with Crippen LogP contribution in [0.5, 0.6) is 0 Å². The maximum Gasteiger partial charge on any atom is 0.157 e. The molecular formula is C7H9N3O. The molecule has 2 aromatic rings. The van der Waals surface area contributed by atoms with E-state index in [1.54, 1.807) is 23.0 Å². The number of nitrogens with zero attached hydrogens (tertiary/aromatic N) is 2. The van der Waals surface area contributed by atoms with Crippen LogP contribution < -0.4 is 5.73 Å². The predicted octanol–water partition coefficient (Wildman–Crippen LogP) is 0.799. The molecule has 0 amide bonds. The molecule has 0 saturated heterocycles. The topological polar surface area (TPSA) is 56.1 Å². The number of anilines is 1. The Kier molecular flexibility index (Phi) is 0.961. The molecule has 0 aromatic carbocycles. The van der Waals surface area contributed by atoms with Crippen LogP contribution in [0.4, 0.5) is 5.69 Å². The van der Waals surface area contributed by atoms with Gasteiger partial charge in [0.1, 0.15) is 0 Å². The first kappa shape index (κ1) is 6.15. The van der Waals surface area contributed by atoms with E-state index in [0.29, 0.717) is 5.69 Å². The minimum atomic E-state index is 0.690. The van der Waals surface area contributed by atoms with Gasteiger partial charge in [0.2, 0.25) is 0 Å². The predicted molar refractivity (Wildman–Crippen MR) is 42.5 cm³/mol. The quantitative estimate of drug-likeness (QED) is 0.547. The van der Waals surface area contributed by atoms with Gasteiger partial charge in [-0.3, -0.25) is 0 Å². The number of rotatable bonds is 0. The van der Waals surface area contributed by atoms with Gasteiger partial charge in [0, 0.05) is 24.8 Å². The summed E-state index contributed by atoms with van der Waals surface area (Å²) in [6, 6.07) is 1.78. The van der Waals surface area contributed by atoms with Crippen LogP contribution in [0.1, 0.15) is 0 Å². The molecule has 4 heteroatoms. The van der Waals surface area contributed by atoms with Crippen molar-refractivity contribution in [3.05, 3.63) is 18.5 Å². The van der Waals surface area contributed by atoms with Gasteiger partial charge in [0.15, 0.2) is 5.65 Å². The first-order chi connectivity index (χ1) is 5.20. The number of aryl methyl sites for hydroxylation is 1. The lowest BCUT2D eigenvalue weighted by molar-refractivity contribution is 0.196. The molecule has 2 aromatic heterocycles. The van der Waals surface area contributed by atoms with Crippen LogP contribution in [0.15, 0.2) is 18.5 Å². The molecule has 2 heterocycles. The van der Waals surface area contributed by atoms with E-state index in [9.17, 15) is 5.21 Å². The zero-order chi connectivity index (χ0) is 8.01. The molecule has 3 N–H and O–H groups in total. The van der Waals surface area contributed by atoms with Crippen molar-refractivity contribution in [1.29, 1.82) is 0 Å². The molecule has 0 fully saturated rings. The fourth-order valence-electron chi connectivity index (χ4n) is 1.33. The molecule has 0 radical (unpaired) electrons. The molecule has 11 heavy (non-hydrogen) atoms. The molecule has 0 atom stereocenters. The Hall–Kier alpha value is -1.58. The van der Waals surface area contributed by atoms with Gasteiger partial charge >= 0.3 is 0 Å². The Bertz CT molecular complexity index is 399. The molecular weight excluding hydrogens is 142 g/mol. The Morgan fingerprint density at radius 2 is 2.27 bits per heavy atom. The third kappa shape index (κ3) is 0.633. The maximum absolute atomic E-state index is 9.25. The van der Waals surface area contributed by atoms with E-state index in [2.05, 4.69) is 0 Å². The fraction of sp³-hybridized carbons (Fsp3) is 0.143. The second-order valence-corrected chi connectivity index (χ2v) is 2.59. The van der Waals surface area contributed by atoms with E-state index in [1.165, 1.54) is 0 Å². The number of nitrogen functional groups attached to an aromatic ring is 1. The van der Waals surface area contributed by atoms with Crippen LogP contribution >= 0.6 is 0 Å². The van der Waals surface area contributed by atoms with E-state index in [4.69, 9.17) is 5.73 Å². The van der Waals surface area contributed by atoms with Gasteiger partial charge in [-0.15, -0.1) is 0 Å². The molecule has 58 valence electrons. The molecule has 0 saturated carbocycles. The SMILES string of the molecule is Cn1cc(N)c2ccn(O)c21. The molecule has 0 spiro atoms. The molecule has 0 bridgehead atoms.